The lowest BCUT2D eigenvalue weighted by Gasteiger charge is -2.32. The lowest BCUT2D eigenvalue weighted by molar-refractivity contribution is -0.130. The molecule has 132 valence electrons. The van der Waals surface area contributed by atoms with E-state index < -0.39 is 5.54 Å². The van der Waals surface area contributed by atoms with Gasteiger partial charge in [-0.05, 0) is 25.0 Å². The van der Waals surface area contributed by atoms with Crippen molar-refractivity contribution in [1.29, 1.82) is 0 Å². The Bertz CT molecular complexity index is 620. The van der Waals surface area contributed by atoms with E-state index in [0.29, 0.717) is 43.3 Å². The van der Waals surface area contributed by atoms with Crippen LogP contribution in [0, 0.1) is 0 Å². The summed E-state index contributed by atoms with van der Waals surface area (Å²) in [6.45, 7) is 1.37. The molecule has 0 aliphatic carbocycles. The molecule has 0 radical (unpaired) electrons. The van der Waals surface area contributed by atoms with Crippen molar-refractivity contribution in [2.75, 3.05) is 24.7 Å². The van der Waals surface area contributed by atoms with Crippen LogP contribution in [0.2, 0.25) is 5.02 Å². The highest BCUT2D eigenvalue weighted by molar-refractivity contribution is 6.33. The van der Waals surface area contributed by atoms with Gasteiger partial charge in [-0.25, -0.2) is 0 Å². The molecule has 2 amide bonds. The first-order chi connectivity index (χ1) is 11.0. The van der Waals surface area contributed by atoms with Crippen molar-refractivity contribution in [2.24, 2.45) is 5.73 Å². The number of ether oxygens (including phenoxy) is 1. The Balaban J connectivity index is 0.00000208. The number of para-hydroxylation sites is 1. The molecule has 2 fully saturated rings. The van der Waals surface area contributed by atoms with Gasteiger partial charge in [0.2, 0.25) is 11.8 Å². The molecule has 1 atom stereocenters. The van der Waals surface area contributed by atoms with Crippen LogP contribution in [-0.4, -0.2) is 43.2 Å². The molecule has 2 aliphatic rings. The Kier molecular flexibility index (Phi) is 6.09. The fraction of sp³-hybridized carbons (Fsp3) is 0.500. The van der Waals surface area contributed by atoms with Gasteiger partial charge < -0.3 is 20.7 Å². The molecule has 1 aromatic carbocycles. The van der Waals surface area contributed by atoms with Gasteiger partial charge >= 0.3 is 0 Å². The zero-order valence-corrected chi connectivity index (χ0v) is 14.7. The van der Waals surface area contributed by atoms with Crippen LogP contribution in [0.4, 0.5) is 5.69 Å². The molecular formula is C16H21Cl2N3O3. The number of rotatable bonds is 3. The lowest BCUT2D eigenvalue weighted by atomic mass is 9.90. The number of nitrogens with two attached hydrogens (primary N) is 1. The minimum atomic E-state index is -0.904. The summed E-state index contributed by atoms with van der Waals surface area (Å²) < 4.78 is 5.25. The standard InChI is InChI=1S/C16H20ClN3O3.ClH/c17-12-3-1-2-4-13(12)20-10-11(9-14(20)21)19-15(22)16(18)5-7-23-8-6-16;/h1-4,11H,5-10,18H2,(H,19,22);1H. The van der Waals surface area contributed by atoms with Crippen LogP contribution in [0.1, 0.15) is 19.3 Å². The summed E-state index contributed by atoms with van der Waals surface area (Å²) in [5.74, 6) is -0.263. The number of nitrogens with zero attached hydrogens (tertiary/aromatic N) is 1. The Morgan fingerprint density at radius 3 is 2.67 bits per heavy atom. The number of carbonyl (C=O) groups is 2. The molecular weight excluding hydrogens is 353 g/mol. The van der Waals surface area contributed by atoms with E-state index in [4.69, 9.17) is 22.1 Å². The van der Waals surface area contributed by atoms with E-state index in [-0.39, 0.29) is 36.7 Å². The Morgan fingerprint density at radius 2 is 2.00 bits per heavy atom. The third kappa shape index (κ3) is 3.83. The number of hydrogen-bond donors (Lipinski definition) is 2. The minimum absolute atomic E-state index is 0. The molecule has 3 N–H and O–H groups in total. The van der Waals surface area contributed by atoms with E-state index >= 15 is 0 Å². The van der Waals surface area contributed by atoms with Crippen LogP contribution >= 0.6 is 24.0 Å². The molecule has 24 heavy (non-hydrogen) atoms. The van der Waals surface area contributed by atoms with Gasteiger partial charge in [0.1, 0.15) is 0 Å². The zero-order chi connectivity index (χ0) is 16.4. The number of anilines is 1. The molecule has 0 aromatic heterocycles. The summed E-state index contributed by atoms with van der Waals surface area (Å²) in [6.07, 6.45) is 1.24. The summed E-state index contributed by atoms with van der Waals surface area (Å²) in [7, 11) is 0. The maximum Gasteiger partial charge on any atom is 0.240 e. The largest absolute Gasteiger partial charge is 0.381 e. The van der Waals surface area contributed by atoms with E-state index in [1.807, 2.05) is 12.1 Å². The Hall–Kier alpha value is -1.34. The maximum absolute atomic E-state index is 12.4. The van der Waals surface area contributed by atoms with E-state index in [1.54, 1.807) is 17.0 Å². The predicted octanol–water partition coefficient (Wildman–Crippen LogP) is 1.49. The van der Waals surface area contributed by atoms with Crippen molar-refractivity contribution in [2.45, 2.75) is 30.8 Å². The average molecular weight is 374 g/mol. The minimum Gasteiger partial charge on any atom is -0.381 e. The molecule has 3 rings (SSSR count). The number of amides is 2. The van der Waals surface area contributed by atoms with E-state index in [1.165, 1.54) is 0 Å². The second-order valence-electron chi connectivity index (χ2n) is 6.10. The average Bonchev–Trinajstić information content (AvgIpc) is 2.89. The number of nitrogens with one attached hydrogen (secondary N) is 1. The second-order valence-corrected chi connectivity index (χ2v) is 6.51. The van der Waals surface area contributed by atoms with Gasteiger partial charge in [0.15, 0.2) is 0 Å². The number of hydrogen-bond acceptors (Lipinski definition) is 4. The molecule has 2 saturated heterocycles. The summed E-state index contributed by atoms with van der Waals surface area (Å²) in [5.41, 5.74) is 5.94. The molecule has 6 nitrogen and oxygen atoms in total. The molecule has 2 heterocycles. The third-order valence-corrected chi connectivity index (χ3v) is 4.76. The molecule has 0 saturated carbocycles. The van der Waals surface area contributed by atoms with Crippen molar-refractivity contribution < 1.29 is 14.3 Å². The first-order valence-electron chi connectivity index (χ1n) is 7.72. The summed E-state index contributed by atoms with van der Waals surface area (Å²) in [6, 6.07) is 6.93. The van der Waals surface area contributed by atoms with E-state index in [0.717, 1.165) is 0 Å². The first-order valence-corrected chi connectivity index (χ1v) is 8.10. The molecule has 2 aliphatic heterocycles. The van der Waals surface area contributed by atoms with Gasteiger partial charge in [0.05, 0.1) is 22.3 Å². The second kappa shape index (κ2) is 7.70. The highest BCUT2D eigenvalue weighted by atomic mass is 35.5. The van der Waals surface area contributed by atoms with Gasteiger partial charge in [0.25, 0.3) is 0 Å². The van der Waals surface area contributed by atoms with Crippen LogP contribution < -0.4 is 16.0 Å². The summed E-state index contributed by atoms with van der Waals surface area (Å²) in [4.78, 5) is 26.3. The van der Waals surface area contributed by atoms with Crippen LogP contribution in [0.15, 0.2) is 24.3 Å². The Morgan fingerprint density at radius 1 is 1.33 bits per heavy atom. The quantitative estimate of drug-likeness (QED) is 0.840. The van der Waals surface area contributed by atoms with E-state index in [9.17, 15) is 9.59 Å². The van der Waals surface area contributed by atoms with Crippen LogP contribution in [-0.2, 0) is 14.3 Å². The van der Waals surface area contributed by atoms with Gasteiger partial charge in [-0.1, -0.05) is 23.7 Å². The van der Waals surface area contributed by atoms with Crippen molar-refractivity contribution >= 4 is 41.5 Å². The number of halogens is 2. The van der Waals surface area contributed by atoms with E-state index in [2.05, 4.69) is 5.32 Å². The smallest absolute Gasteiger partial charge is 0.240 e. The topological polar surface area (TPSA) is 84.7 Å². The molecule has 1 aromatic rings. The number of carbonyl (C=O) groups excluding carboxylic acids is 2. The molecule has 8 heteroatoms. The highest BCUT2D eigenvalue weighted by Crippen LogP contribution is 2.29. The van der Waals surface area contributed by atoms with Crippen molar-refractivity contribution in [3.63, 3.8) is 0 Å². The first kappa shape index (κ1) is 19.0. The van der Waals surface area contributed by atoms with Gasteiger partial charge in [-0.3, -0.25) is 9.59 Å². The van der Waals surface area contributed by atoms with Crippen LogP contribution in [0.25, 0.3) is 0 Å². The van der Waals surface area contributed by atoms with Crippen LogP contribution in [0.5, 0.6) is 0 Å². The maximum atomic E-state index is 12.4. The van der Waals surface area contributed by atoms with Gasteiger partial charge in [-0.2, -0.15) is 0 Å². The zero-order valence-electron chi connectivity index (χ0n) is 13.2. The fourth-order valence-corrected chi connectivity index (χ4v) is 3.24. The highest BCUT2D eigenvalue weighted by Gasteiger charge is 2.39. The summed E-state index contributed by atoms with van der Waals surface area (Å²) >= 11 is 6.15. The molecule has 0 bridgehead atoms. The third-order valence-electron chi connectivity index (χ3n) is 4.44. The Labute approximate surface area is 152 Å². The molecule has 0 spiro atoms. The van der Waals surface area contributed by atoms with Crippen molar-refractivity contribution in [3.8, 4) is 0 Å². The number of benzene rings is 1. The van der Waals surface area contributed by atoms with Crippen molar-refractivity contribution in [1.82, 2.24) is 5.32 Å². The SMILES string of the molecule is Cl.NC1(C(=O)NC2CC(=O)N(c3ccccc3Cl)C2)CCOCC1. The lowest BCUT2D eigenvalue weighted by Crippen LogP contribution is -2.59. The predicted molar refractivity (Wildman–Crippen MR) is 94.6 cm³/mol. The van der Waals surface area contributed by atoms with Crippen LogP contribution in [0.3, 0.4) is 0 Å². The monoisotopic (exact) mass is 373 g/mol. The summed E-state index contributed by atoms with van der Waals surface area (Å²) in [5, 5.41) is 3.43. The fourth-order valence-electron chi connectivity index (χ4n) is 3.00. The van der Waals surface area contributed by atoms with Crippen molar-refractivity contribution in [3.05, 3.63) is 29.3 Å². The molecule has 1 unspecified atom stereocenters. The van der Waals surface area contributed by atoms with Gasteiger partial charge in [0, 0.05) is 26.2 Å². The normalized spacial score (nSPS) is 22.8. The van der Waals surface area contributed by atoms with Gasteiger partial charge in [-0.15, -0.1) is 12.4 Å².